The first kappa shape index (κ1) is 32.8. The van der Waals surface area contributed by atoms with Gasteiger partial charge in [0.1, 0.15) is 28.9 Å². The molecule has 2 atom stereocenters. The number of carbonyl (C=O) groups is 1. The number of nitrogens with zero attached hydrogens (tertiary/aromatic N) is 6. The molecule has 4 aromatic rings. The van der Waals surface area contributed by atoms with Crippen LogP contribution in [0.5, 0.6) is 11.5 Å². The Bertz CT molecular complexity index is 1950. The summed E-state index contributed by atoms with van der Waals surface area (Å²) < 4.78 is 14.7. The lowest BCUT2D eigenvalue weighted by Gasteiger charge is -2.46. The van der Waals surface area contributed by atoms with Gasteiger partial charge in [-0.2, -0.15) is 5.26 Å². The van der Waals surface area contributed by atoms with Crippen LogP contribution in [-0.4, -0.2) is 80.7 Å². The van der Waals surface area contributed by atoms with E-state index in [1.807, 2.05) is 66.7 Å². The summed E-state index contributed by atoms with van der Waals surface area (Å²) in [6.45, 7) is 9.38. The Morgan fingerprint density at radius 2 is 1.71 bits per heavy atom. The largest absolute Gasteiger partial charge is 0.457 e. The van der Waals surface area contributed by atoms with Crippen molar-refractivity contribution in [2.45, 2.75) is 57.2 Å². The first-order valence-electron chi connectivity index (χ1n) is 17.2. The molecule has 3 aliphatic rings. The number of piperazine rings is 1. The standard InChI is InChI=1S/C38H43N7O4/c1-38(2,43-19-17-42(18-20-43)30-24-48-25-30)22-27(23-39)35(46)26-7-6-8-29(21-26)44-33-15-16-41-36(40)34(33)45(37(44)47)28-11-13-32(14-12-28)49-31-9-4-3-5-10-31/h3-5,9-16,22,26,29-30H,6-8,17-21,24-25H2,1-2H3,(H2,40,41)/t26?,29-/m1/s1. The molecule has 2 aliphatic heterocycles. The van der Waals surface area contributed by atoms with Crippen molar-refractivity contribution >= 4 is 22.6 Å². The maximum absolute atomic E-state index is 14.3. The number of benzene rings is 2. The van der Waals surface area contributed by atoms with E-state index in [2.05, 4.69) is 34.7 Å². The van der Waals surface area contributed by atoms with Gasteiger partial charge in [-0.3, -0.25) is 23.7 Å². The summed E-state index contributed by atoms with van der Waals surface area (Å²) in [6.07, 6.45) is 6.11. The molecule has 11 heteroatoms. The maximum atomic E-state index is 14.3. The third-order valence-corrected chi connectivity index (χ3v) is 10.4. The minimum absolute atomic E-state index is 0.141. The van der Waals surface area contributed by atoms with Crippen molar-refractivity contribution in [3.63, 3.8) is 0 Å². The number of ether oxygens (including phenoxy) is 2. The van der Waals surface area contributed by atoms with Gasteiger partial charge in [0, 0.05) is 49.9 Å². The molecule has 2 N–H and O–H groups in total. The molecule has 4 heterocycles. The molecule has 1 saturated carbocycles. The second-order valence-corrected chi connectivity index (χ2v) is 13.9. The van der Waals surface area contributed by atoms with Crippen LogP contribution in [0.25, 0.3) is 16.7 Å². The number of Topliss-reactive ketones (excluding diaryl/α,β-unsaturated/α-hetero) is 1. The highest BCUT2D eigenvalue weighted by Crippen LogP contribution is 2.37. The quantitative estimate of drug-likeness (QED) is 0.192. The van der Waals surface area contributed by atoms with E-state index in [0.717, 1.165) is 58.0 Å². The fourth-order valence-corrected chi connectivity index (χ4v) is 7.63. The summed E-state index contributed by atoms with van der Waals surface area (Å²) in [7, 11) is 0. The Hall–Kier alpha value is -4.76. The van der Waals surface area contributed by atoms with E-state index in [9.17, 15) is 14.9 Å². The summed E-state index contributed by atoms with van der Waals surface area (Å²) >= 11 is 0. The fourth-order valence-electron chi connectivity index (χ4n) is 7.63. The molecule has 0 radical (unpaired) electrons. The molecule has 0 spiro atoms. The summed E-state index contributed by atoms with van der Waals surface area (Å²) in [5.74, 6) is 1.10. The molecule has 0 bridgehead atoms. The Labute approximate surface area is 286 Å². The molecule has 1 aliphatic carbocycles. The van der Waals surface area contributed by atoms with E-state index < -0.39 is 5.54 Å². The number of hydrogen-bond acceptors (Lipinski definition) is 9. The number of rotatable bonds is 9. The predicted molar refractivity (Wildman–Crippen MR) is 188 cm³/mol. The summed E-state index contributed by atoms with van der Waals surface area (Å²) in [5.41, 5.74) is 7.75. The third kappa shape index (κ3) is 6.52. The van der Waals surface area contributed by atoms with Gasteiger partial charge < -0.3 is 15.2 Å². The third-order valence-electron chi connectivity index (χ3n) is 10.4. The normalized spacial score (nSPS) is 21.3. The molecule has 2 saturated heterocycles. The van der Waals surface area contributed by atoms with Gasteiger partial charge >= 0.3 is 5.69 Å². The van der Waals surface area contributed by atoms with Gasteiger partial charge in [-0.05, 0) is 81.7 Å². The smallest absolute Gasteiger partial charge is 0.334 e. The van der Waals surface area contributed by atoms with Crippen molar-refractivity contribution in [1.29, 1.82) is 5.26 Å². The lowest BCUT2D eigenvalue weighted by molar-refractivity contribution is -0.120. The predicted octanol–water partition coefficient (Wildman–Crippen LogP) is 5.11. The maximum Gasteiger partial charge on any atom is 0.334 e. The summed E-state index contributed by atoms with van der Waals surface area (Å²) in [5, 5.41) is 10.2. The molecular weight excluding hydrogens is 618 g/mol. The number of para-hydroxylation sites is 1. The number of aromatic nitrogens is 3. The number of imidazole rings is 1. The zero-order valence-corrected chi connectivity index (χ0v) is 28.1. The van der Waals surface area contributed by atoms with Crippen molar-refractivity contribution in [1.82, 2.24) is 23.9 Å². The van der Waals surface area contributed by atoms with E-state index in [4.69, 9.17) is 15.2 Å². The summed E-state index contributed by atoms with van der Waals surface area (Å²) in [4.78, 5) is 37.4. The van der Waals surface area contributed by atoms with Crippen LogP contribution in [0.2, 0.25) is 0 Å². The number of carbonyl (C=O) groups excluding carboxylic acids is 1. The Morgan fingerprint density at radius 3 is 2.39 bits per heavy atom. The molecular formula is C38H43N7O4. The van der Waals surface area contributed by atoms with Crippen LogP contribution >= 0.6 is 0 Å². The topological polar surface area (TPSA) is 132 Å². The number of nitriles is 1. The second kappa shape index (κ2) is 13.6. The molecule has 3 fully saturated rings. The first-order chi connectivity index (χ1) is 23.7. The van der Waals surface area contributed by atoms with E-state index >= 15 is 0 Å². The number of nitrogens with two attached hydrogens (primary N) is 1. The number of allylic oxidation sites excluding steroid dienone is 1. The van der Waals surface area contributed by atoms with Crippen LogP contribution in [0.1, 0.15) is 45.6 Å². The van der Waals surface area contributed by atoms with E-state index in [-0.39, 0.29) is 34.8 Å². The molecule has 0 amide bonds. The van der Waals surface area contributed by atoms with E-state index in [1.54, 1.807) is 15.3 Å². The van der Waals surface area contributed by atoms with Gasteiger partial charge in [-0.1, -0.05) is 24.6 Å². The lowest BCUT2D eigenvalue weighted by atomic mass is 9.80. The Balaban J connectivity index is 1.12. The van der Waals surface area contributed by atoms with Gasteiger partial charge in [0.15, 0.2) is 5.78 Å². The molecule has 7 rings (SSSR count). The Kier molecular flexibility index (Phi) is 9.11. The minimum atomic E-state index is -0.451. The SMILES string of the molecule is CC(C)(C=C(C#N)C(=O)C1CCC[C@@H](n2c(=O)n(-c3ccc(Oc4ccccc4)cc3)c3c(N)nccc32)C1)N1CCN(C2COC2)CC1. The molecule has 49 heavy (non-hydrogen) atoms. The van der Waals surface area contributed by atoms with E-state index in [0.29, 0.717) is 41.4 Å². The highest BCUT2D eigenvalue weighted by molar-refractivity contribution is 6.01. The number of anilines is 1. The van der Waals surface area contributed by atoms with Crippen LogP contribution in [0.4, 0.5) is 5.82 Å². The second-order valence-electron chi connectivity index (χ2n) is 13.9. The van der Waals surface area contributed by atoms with Gasteiger partial charge in [0.25, 0.3) is 0 Å². The van der Waals surface area contributed by atoms with Crippen molar-refractivity contribution in [2.75, 3.05) is 45.1 Å². The van der Waals surface area contributed by atoms with Crippen molar-refractivity contribution < 1.29 is 14.3 Å². The Morgan fingerprint density at radius 1 is 1.00 bits per heavy atom. The lowest BCUT2D eigenvalue weighted by Crippen LogP contribution is -2.59. The number of hydrogen-bond donors (Lipinski definition) is 1. The highest BCUT2D eigenvalue weighted by Gasteiger charge is 2.36. The van der Waals surface area contributed by atoms with Gasteiger partial charge in [0.05, 0.1) is 36.0 Å². The molecule has 11 nitrogen and oxygen atoms in total. The molecule has 254 valence electrons. The molecule has 2 aromatic carbocycles. The number of pyridine rings is 1. The van der Waals surface area contributed by atoms with Gasteiger partial charge in [0.2, 0.25) is 0 Å². The van der Waals surface area contributed by atoms with E-state index in [1.165, 1.54) is 0 Å². The van der Waals surface area contributed by atoms with Gasteiger partial charge in [-0.25, -0.2) is 9.78 Å². The zero-order valence-electron chi connectivity index (χ0n) is 28.1. The highest BCUT2D eigenvalue weighted by atomic mass is 16.5. The zero-order chi connectivity index (χ0) is 34.1. The van der Waals surface area contributed by atoms with Crippen molar-refractivity contribution in [3.8, 4) is 23.3 Å². The van der Waals surface area contributed by atoms with Gasteiger partial charge in [-0.15, -0.1) is 0 Å². The number of fused-ring (bicyclic) bond motifs is 1. The van der Waals surface area contributed by atoms with Crippen LogP contribution in [0, 0.1) is 17.2 Å². The van der Waals surface area contributed by atoms with Crippen LogP contribution < -0.4 is 16.2 Å². The molecule has 1 unspecified atom stereocenters. The number of nitrogen functional groups attached to an aromatic ring is 1. The van der Waals surface area contributed by atoms with Crippen LogP contribution in [0.3, 0.4) is 0 Å². The number of ketones is 1. The average Bonchev–Trinajstić information content (AvgIpc) is 3.40. The summed E-state index contributed by atoms with van der Waals surface area (Å²) in [6, 6.07) is 21.1. The minimum Gasteiger partial charge on any atom is -0.457 e. The van der Waals surface area contributed by atoms with Crippen molar-refractivity contribution in [2.24, 2.45) is 5.92 Å². The van der Waals surface area contributed by atoms with Crippen LogP contribution in [-0.2, 0) is 9.53 Å². The van der Waals surface area contributed by atoms with Crippen LogP contribution in [0.15, 0.2) is 83.3 Å². The first-order valence-corrected chi connectivity index (χ1v) is 17.2. The average molecular weight is 662 g/mol. The fraction of sp³-hybridized carbons (Fsp3) is 0.421. The monoisotopic (exact) mass is 661 g/mol. The van der Waals surface area contributed by atoms with Crippen molar-refractivity contribution in [3.05, 3.63) is 89.0 Å². The molecule has 2 aromatic heterocycles.